The molecular formula is C9H17F3N2O. The van der Waals surface area contributed by atoms with Crippen LogP contribution in [0.3, 0.4) is 0 Å². The highest BCUT2D eigenvalue weighted by atomic mass is 19.4. The number of likely N-dealkylation sites (tertiary alicyclic amines) is 1. The minimum atomic E-state index is -4.13. The Morgan fingerprint density at radius 1 is 1.40 bits per heavy atom. The average molecular weight is 226 g/mol. The van der Waals surface area contributed by atoms with Crippen LogP contribution in [0, 0.1) is 11.8 Å². The highest BCUT2D eigenvalue weighted by molar-refractivity contribution is 4.88. The van der Waals surface area contributed by atoms with E-state index in [4.69, 9.17) is 10.5 Å². The number of rotatable bonds is 4. The van der Waals surface area contributed by atoms with Gasteiger partial charge in [-0.25, -0.2) is 0 Å². The van der Waals surface area contributed by atoms with Crippen molar-refractivity contribution >= 4 is 0 Å². The molecule has 0 aromatic heterocycles. The number of nitrogens with zero attached hydrogens (tertiary/aromatic N) is 1. The van der Waals surface area contributed by atoms with Crippen LogP contribution in [0.5, 0.6) is 0 Å². The molecule has 3 nitrogen and oxygen atoms in total. The van der Waals surface area contributed by atoms with Crippen molar-refractivity contribution in [2.75, 3.05) is 39.9 Å². The van der Waals surface area contributed by atoms with Gasteiger partial charge in [-0.3, -0.25) is 0 Å². The van der Waals surface area contributed by atoms with Gasteiger partial charge in [-0.1, -0.05) is 0 Å². The van der Waals surface area contributed by atoms with Gasteiger partial charge in [-0.2, -0.15) is 13.2 Å². The number of halogens is 3. The van der Waals surface area contributed by atoms with Crippen molar-refractivity contribution in [3.8, 4) is 0 Å². The van der Waals surface area contributed by atoms with Crippen LogP contribution in [0.2, 0.25) is 0 Å². The molecule has 0 aliphatic carbocycles. The first-order chi connectivity index (χ1) is 6.99. The largest absolute Gasteiger partial charge is 0.393 e. The first kappa shape index (κ1) is 12.7. The van der Waals surface area contributed by atoms with Gasteiger partial charge >= 0.3 is 6.18 Å². The van der Waals surface area contributed by atoms with Crippen molar-refractivity contribution in [2.24, 2.45) is 17.6 Å². The summed E-state index contributed by atoms with van der Waals surface area (Å²) < 4.78 is 42.7. The van der Waals surface area contributed by atoms with Gasteiger partial charge in [0.25, 0.3) is 0 Å². The average Bonchev–Trinajstić information content (AvgIpc) is 2.49. The van der Waals surface area contributed by atoms with E-state index < -0.39 is 18.0 Å². The topological polar surface area (TPSA) is 38.5 Å². The maximum absolute atomic E-state index is 12.6. The van der Waals surface area contributed by atoms with Crippen LogP contribution in [0.25, 0.3) is 0 Å². The summed E-state index contributed by atoms with van der Waals surface area (Å²) in [6, 6.07) is 0. The third-order valence-corrected chi connectivity index (χ3v) is 2.76. The minimum absolute atomic E-state index is 0.0503. The van der Waals surface area contributed by atoms with Crippen LogP contribution in [0.15, 0.2) is 0 Å². The Hall–Kier alpha value is -0.330. The van der Waals surface area contributed by atoms with Gasteiger partial charge in [0.15, 0.2) is 0 Å². The lowest BCUT2D eigenvalue weighted by molar-refractivity contribution is -0.183. The molecule has 0 aromatic carbocycles. The lowest BCUT2D eigenvalue weighted by atomic mass is 9.96. The molecule has 15 heavy (non-hydrogen) atoms. The lowest BCUT2D eigenvalue weighted by Gasteiger charge is -2.20. The van der Waals surface area contributed by atoms with Crippen molar-refractivity contribution in [2.45, 2.75) is 6.18 Å². The van der Waals surface area contributed by atoms with Crippen LogP contribution < -0.4 is 5.73 Å². The summed E-state index contributed by atoms with van der Waals surface area (Å²) in [4.78, 5) is 1.75. The fourth-order valence-corrected chi connectivity index (χ4v) is 2.08. The molecule has 6 heteroatoms. The smallest absolute Gasteiger partial charge is 0.384 e. The first-order valence-electron chi connectivity index (χ1n) is 4.97. The molecule has 90 valence electrons. The molecule has 2 N–H and O–H groups in total. The van der Waals surface area contributed by atoms with E-state index in [2.05, 4.69) is 0 Å². The van der Waals surface area contributed by atoms with Crippen molar-refractivity contribution in [3.05, 3.63) is 0 Å². The molecule has 2 atom stereocenters. The van der Waals surface area contributed by atoms with E-state index in [1.807, 2.05) is 0 Å². The summed E-state index contributed by atoms with van der Waals surface area (Å²) in [5.74, 6) is -1.73. The summed E-state index contributed by atoms with van der Waals surface area (Å²) in [7, 11) is 1.43. The second-order valence-corrected chi connectivity index (χ2v) is 3.91. The van der Waals surface area contributed by atoms with E-state index in [0.29, 0.717) is 19.6 Å². The number of ether oxygens (including phenoxy) is 1. The third-order valence-electron chi connectivity index (χ3n) is 2.76. The van der Waals surface area contributed by atoms with E-state index >= 15 is 0 Å². The molecular weight excluding hydrogens is 209 g/mol. The summed E-state index contributed by atoms with van der Waals surface area (Å²) in [6.07, 6.45) is -4.13. The maximum atomic E-state index is 12.6. The van der Waals surface area contributed by atoms with Crippen molar-refractivity contribution < 1.29 is 17.9 Å². The monoisotopic (exact) mass is 226 g/mol. The number of hydrogen-bond acceptors (Lipinski definition) is 3. The van der Waals surface area contributed by atoms with Crippen LogP contribution in [0.1, 0.15) is 0 Å². The molecule has 1 rings (SSSR count). The van der Waals surface area contributed by atoms with E-state index in [9.17, 15) is 13.2 Å². The summed E-state index contributed by atoms with van der Waals surface area (Å²) >= 11 is 0. The number of nitrogens with two attached hydrogens (primary N) is 1. The Balaban J connectivity index is 2.59. The van der Waals surface area contributed by atoms with Crippen LogP contribution >= 0.6 is 0 Å². The van der Waals surface area contributed by atoms with E-state index in [1.165, 1.54) is 7.11 Å². The Labute approximate surface area is 87.4 Å². The van der Waals surface area contributed by atoms with Crippen molar-refractivity contribution in [3.63, 3.8) is 0 Å². The molecule has 0 unspecified atom stereocenters. The van der Waals surface area contributed by atoms with Gasteiger partial charge in [-0.05, 0) is 0 Å². The van der Waals surface area contributed by atoms with Gasteiger partial charge < -0.3 is 15.4 Å². The third kappa shape index (κ3) is 3.32. The van der Waals surface area contributed by atoms with Crippen molar-refractivity contribution in [1.29, 1.82) is 0 Å². The second-order valence-electron chi connectivity index (χ2n) is 3.91. The summed E-state index contributed by atoms with van der Waals surface area (Å²) in [5.41, 5.74) is 5.33. The highest BCUT2D eigenvalue weighted by Gasteiger charge is 2.49. The Morgan fingerprint density at radius 2 is 2.07 bits per heavy atom. The lowest BCUT2D eigenvalue weighted by Crippen LogP contribution is -2.32. The van der Waals surface area contributed by atoms with E-state index in [-0.39, 0.29) is 13.2 Å². The molecule has 1 fully saturated rings. The van der Waals surface area contributed by atoms with Gasteiger partial charge in [-0.15, -0.1) is 0 Å². The predicted octanol–water partition coefficient (Wildman–Crippen LogP) is 0.702. The molecule has 0 saturated carbocycles. The standard InChI is InChI=1S/C9H17F3N2O/c1-15-6-7-4-14(3-2-13)5-8(7)9(10,11)12/h7-8H,2-6,13H2,1H3/t7-,8+/m1/s1. The van der Waals surface area contributed by atoms with Crippen LogP contribution in [-0.4, -0.2) is 51.0 Å². The fraction of sp³-hybridized carbons (Fsp3) is 1.00. The van der Waals surface area contributed by atoms with E-state index in [0.717, 1.165) is 0 Å². The maximum Gasteiger partial charge on any atom is 0.393 e. The van der Waals surface area contributed by atoms with Gasteiger partial charge in [0.05, 0.1) is 12.5 Å². The zero-order chi connectivity index (χ0) is 11.5. The molecule has 0 spiro atoms. The van der Waals surface area contributed by atoms with Gasteiger partial charge in [0, 0.05) is 39.2 Å². The normalized spacial score (nSPS) is 28.6. The second kappa shape index (κ2) is 5.14. The molecule has 0 aromatic rings. The van der Waals surface area contributed by atoms with Crippen LogP contribution in [0.4, 0.5) is 13.2 Å². The predicted molar refractivity (Wildman–Crippen MR) is 50.4 cm³/mol. The Bertz CT molecular complexity index is 198. The molecule has 0 bridgehead atoms. The minimum Gasteiger partial charge on any atom is -0.384 e. The molecule has 1 aliphatic heterocycles. The Kier molecular flexibility index (Phi) is 4.36. The quantitative estimate of drug-likeness (QED) is 0.767. The molecule has 1 heterocycles. The summed E-state index contributed by atoms with van der Waals surface area (Å²) in [5, 5.41) is 0. The molecule has 1 saturated heterocycles. The molecule has 0 amide bonds. The van der Waals surface area contributed by atoms with Crippen molar-refractivity contribution in [1.82, 2.24) is 4.90 Å². The zero-order valence-electron chi connectivity index (χ0n) is 8.76. The number of methoxy groups -OCH3 is 1. The number of hydrogen-bond donors (Lipinski definition) is 1. The van der Waals surface area contributed by atoms with E-state index in [1.54, 1.807) is 4.90 Å². The first-order valence-corrected chi connectivity index (χ1v) is 4.97. The van der Waals surface area contributed by atoms with Gasteiger partial charge in [0.1, 0.15) is 0 Å². The Morgan fingerprint density at radius 3 is 2.53 bits per heavy atom. The zero-order valence-corrected chi connectivity index (χ0v) is 8.76. The van der Waals surface area contributed by atoms with Crippen LogP contribution in [-0.2, 0) is 4.74 Å². The highest BCUT2D eigenvalue weighted by Crippen LogP contribution is 2.37. The molecule has 0 radical (unpaired) electrons. The summed E-state index contributed by atoms with van der Waals surface area (Å²) in [6.45, 7) is 1.55. The SMILES string of the molecule is COC[C@H]1CN(CCN)C[C@@H]1C(F)(F)F. The molecule has 1 aliphatic rings. The number of alkyl halides is 3. The fourth-order valence-electron chi connectivity index (χ4n) is 2.08. The van der Waals surface area contributed by atoms with Gasteiger partial charge in [0.2, 0.25) is 0 Å².